The third kappa shape index (κ3) is 1.49. The van der Waals surface area contributed by atoms with Gasteiger partial charge in [-0.1, -0.05) is 18.2 Å². The van der Waals surface area contributed by atoms with Crippen molar-refractivity contribution < 1.29 is 0 Å². The zero-order chi connectivity index (χ0) is 9.97. The Morgan fingerprint density at radius 1 is 1.29 bits per heavy atom. The molecule has 0 saturated heterocycles. The van der Waals surface area contributed by atoms with Crippen molar-refractivity contribution in [2.75, 3.05) is 7.05 Å². The minimum atomic E-state index is 0.376. The zero-order valence-electron chi connectivity index (χ0n) is 8.49. The number of hydrogen-bond acceptors (Lipinski definition) is 2. The van der Waals surface area contributed by atoms with Crippen LogP contribution < -0.4 is 5.32 Å². The summed E-state index contributed by atoms with van der Waals surface area (Å²) in [5.74, 6) is 0. The number of nitrogens with zero attached hydrogens (tertiary/aromatic N) is 1. The molecule has 0 radical (unpaired) electrons. The SMILES string of the molecule is CNC(C)c1cccc2cnccc12. The molecule has 0 bridgehead atoms. The topological polar surface area (TPSA) is 24.9 Å². The van der Waals surface area contributed by atoms with Crippen molar-refractivity contribution >= 4 is 10.8 Å². The first-order valence-corrected chi connectivity index (χ1v) is 4.83. The Labute approximate surface area is 84.0 Å². The number of hydrogen-bond donors (Lipinski definition) is 1. The first-order chi connectivity index (χ1) is 6.83. The minimum Gasteiger partial charge on any atom is -0.313 e. The van der Waals surface area contributed by atoms with Crippen LogP contribution in [0, 0.1) is 0 Å². The predicted octanol–water partition coefficient (Wildman–Crippen LogP) is 2.52. The molecule has 0 aliphatic rings. The second kappa shape index (κ2) is 3.76. The largest absolute Gasteiger partial charge is 0.313 e. The molecule has 0 amide bonds. The smallest absolute Gasteiger partial charge is 0.0346 e. The van der Waals surface area contributed by atoms with Gasteiger partial charge < -0.3 is 5.32 Å². The van der Waals surface area contributed by atoms with Crippen molar-refractivity contribution in [3.05, 3.63) is 42.2 Å². The standard InChI is InChI=1S/C12H14N2/c1-9(13-2)11-5-3-4-10-8-14-7-6-12(10)11/h3-9,13H,1-2H3. The molecule has 2 nitrogen and oxygen atoms in total. The van der Waals surface area contributed by atoms with Crippen LogP contribution in [0.15, 0.2) is 36.7 Å². The summed E-state index contributed by atoms with van der Waals surface area (Å²) < 4.78 is 0. The summed E-state index contributed by atoms with van der Waals surface area (Å²) in [5.41, 5.74) is 1.33. The highest BCUT2D eigenvalue weighted by Crippen LogP contribution is 2.22. The van der Waals surface area contributed by atoms with Crippen LogP contribution in [0.2, 0.25) is 0 Å². The average molecular weight is 186 g/mol. The van der Waals surface area contributed by atoms with Crippen LogP contribution in [0.4, 0.5) is 0 Å². The second-order valence-electron chi connectivity index (χ2n) is 3.45. The molecule has 72 valence electrons. The Bertz CT molecular complexity index is 432. The van der Waals surface area contributed by atoms with Crippen molar-refractivity contribution in [2.45, 2.75) is 13.0 Å². The van der Waals surface area contributed by atoms with Crippen LogP contribution in [0.1, 0.15) is 18.5 Å². The van der Waals surface area contributed by atoms with E-state index in [0.717, 1.165) is 0 Å². The number of benzene rings is 1. The van der Waals surface area contributed by atoms with E-state index in [1.54, 1.807) is 0 Å². The van der Waals surface area contributed by atoms with Gasteiger partial charge in [-0.05, 0) is 31.0 Å². The van der Waals surface area contributed by atoms with Gasteiger partial charge >= 0.3 is 0 Å². The fourth-order valence-corrected chi connectivity index (χ4v) is 1.68. The van der Waals surface area contributed by atoms with E-state index in [0.29, 0.717) is 6.04 Å². The molecule has 0 fully saturated rings. The first-order valence-electron chi connectivity index (χ1n) is 4.83. The van der Waals surface area contributed by atoms with Gasteiger partial charge in [0.25, 0.3) is 0 Å². The van der Waals surface area contributed by atoms with Gasteiger partial charge in [0.05, 0.1) is 0 Å². The summed E-state index contributed by atoms with van der Waals surface area (Å²) in [7, 11) is 1.98. The molecule has 2 heteroatoms. The van der Waals surface area contributed by atoms with Gasteiger partial charge in [-0.15, -0.1) is 0 Å². The minimum absolute atomic E-state index is 0.376. The van der Waals surface area contributed by atoms with E-state index >= 15 is 0 Å². The van der Waals surface area contributed by atoms with Crippen LogP contribution in [0.5, 0.6) is 0 Å². The number of fused-ring (bicyclic) bond motifs is 1. The summed E-state index contributed by atoms with van der Waals surface area (Å²) >= 11 is 0. The summed E-state index contributed by atoms with van der Waals surface area (Å²) in [4.78, 5) is 4.12. The third-order valence-electron chi connectivity index (χ3n) is 2.61. The Balaban J connectivity index is 2.65. The predicted molar refractivity (Wildman–Crippen MR) is 59.2 cm³/mol. The lowest BCUT2D eigenvalue weighted by atomic mass is 10.0. The lowest BCUT2D eigenvalue weighted by Gasteiger charge is -2.13. The van der Waals surface area contributed by atoms with Crippen LogP contribution >= 0.6 is 0 Å². The van der Waals surface area contributed by atoms with Crippen LogP contribution in [0.3, 0.4) is 0 Å². The lowest BCUT2D eigenvalue weighted by molar-refractivity contribution is 0.657. The van der Waals surface area contributed by atoms with Crippen molar-refractivity contribution in [2.24, 2.45) is 0 Å². The summed E-state index contributed by atoms with van der Waals surface area (Å²) in [6, 6.07) is 8.77. The molecule has 1 heterocycles. The van der Waals surface area contributed by atoms with Gasteiger partial charge in [0.15, 0.2) is 0 Å². The molecule has 2 aromatic rings. The van der Waals surface area contributed by atoms with E-state index < -0.39 is 0 Å². The molecule has 1 aromatic carbocycles. The highest BCUT2D eigenvalue weighted by Gasteiger charge is 2.05. The van der Waals surface area contributed by atoms with Gasteiger partial charge in [-0.3, -0.25) is 4.98 Å². The third-order valence-corrected chi connectivity index (χ3v) is 2.61. The molecule has 2 rings (SSSR count). The van der Waals surface area contributed by atoms with Gasteiger partial charge in [-0.25, -0.2) is 0 Å². The van der Waals surface area contributed by atoms with Crippen molar-refractivity contribution in [1.82, 2.24) is 10.3 Å². The highest BCUT2D eigenvalue weighted by molar-refractivity contribution is 5.85. The molecule has 1 unspecified atom stereocenters. The van der Waals surface area contributed by atoms with E-state index in [4.69, 9.17) is 0 Å². The molecule has 1 N–H and O–H groups in total. The average Bonchev–Trinajstić information content (AvgIpc) is 2.27. The molecule has 1 atom stereocenters. The number of nitrogens with one attached hydrogen (secondary N) is 1. The fourth-order valence-electron chi connectivity index (χ4n) is 1.68. The van der Waals surface area contributed by atoms with Crippen molar-refractivity contribution in [1.29, 1.82) is 0 Å². The maximum absolute atomic E-state index is 4.12. The molecular weight excluding hydrogens is 172 g/mol. The van der Waals surface area contributed by atoms with Crippen LogP contribution in [0.25, 0.3) is 10.8 Å². The first kappa shape index (κ1) is 9.16. The van der Waals surface area contributed by atoms with Crippen LogP contribution in [-0.2, 0) is 0 Å². The molecular formula is C12H14N2. The Kier molecular flexibility index (Phi) is 2.46. The second-order valence-corrected chi connectivity index (χ2v) is 3.45. The quantitative estimate of drug-likeness (QED) is 0.779. The van der Waals surface area contributed by atoms with E-state index in [1.807, 2.05) is 19.4 Å². The van der Waals surface area contributed by atoms with Gasteiger partial charge in [-0.2, -0.15) is 0 Å². The Morgan fingerprint density at radius 3 is 2.93 bits per heavy atom. The van der Waals surface area contributed by atoms with E-state index in [2.05, 4.69) is 41.5 Å². The zero-order valence-corrected chi connectivity index (χ0v) is 8.49. The normalized spacial score (nSPS) is 13.0. The van der Waals surface area contributed by atoms with Crippen molar-refractivity contribution in [3.63, 3.8) is 0 Å². The summed E-state index contributed by atoms with van der Waals surface area (Å²) in [6.45, 7) is 2.16. The van der Waals surface area contributed by atoms with Crippen LogP contribution in [-0.4, -0.2) is 12.0 Å². The van der Waals surface area contributed by atoms with Gasteiger partial charge in [0.1, 0.15) is 0 Å². The molecule has 0 spiro atoms. The van der Waals surface area contributed by atoms with E-state index in [1.165, 1.54) is 16.3 Å². The number of pyridine rings is 1. The summed E-state index contributed by atoms with van der Waals surface area (Å²) in [6.07, 6.45) is 3.75. The van der Waals surface area contributed by atoms with Gasteiger partial charge in [0, 0.05) is 23.8 Å². The van der Waals surface area contributed by atoms with Gasteiger partial charge in [0.2, 0.25) is 0 Å². The highest BCUT2D eigenvalue weighted by atomic mass is 14.9. The maximum atomic E-state index is 4.12. The maximum Gasteiger partial charge on any atom is 0.0346 e. The fraction of sp³-hybridized carbons (Fsp3) is 0.250. The Morgan fingerprint density at radius 2 is 2.14 bits per heavy atom. The lowest BCUT2D eigenvalue weighted by Crippen LogP contribution is -2.12. The molecule has 0 aliphatic carbocycles. The van der Waals surface area contributed by atoms with E-state index in [9.17, 15) is 0 Å². The molecule has 0 saturated carbocycles. The molecule has 1 aromatic heterocycles. The number of rotatable bonds is 2. The monoisotopic (exact) mass is 186 g/mol. The summed E-state index contributed by atoms with van der Waals surface area (Å²) in [5, 5.41) is 5.74. The Hall–Kier alpha value is -1.41. The molecule has 0 aliphatic heterocycles. The van der Waals surface area contributed by atoms with Crippen molar-refractivity contribution in [3.8, 4) is 0 Å². The number of aromatic nitrogens is 1. The molecule has 14 heavy (non-hydrogen) atoms. The van der Waals surface area contributed by atoms with E-state index in [-0.39, 0.29) is 0 Å².